The predicted octanol–water partition coefficient (Wildman–Crippen LogP) is -0.114. The van der Waals surface area contributed by atoms with Crippen molar-refractivity contribution >= 4 is 23.6 Å². The zero-order chi connectivity index (χ0) is 10.6. The molecule has 0 aromatic rings. The van der Waals surface area contributed by atoms with Gasteiger partial charge in [-0.3, -0.25) is 9.59 Å². The Hall–Kier alpha value is -0.710. The summed E-state index contributed by atoms with van der Waals surface area (Å²) in [5.74, 6) is -0.717. The van der Waals surface area contributed by atoms with Crippen LogP contribution in [0.15, 0.2) is 0 Å². The molecule has 1 radical (unpaired) electrons. The summed E-state index contributed by atoms with van der Waals surface area (Å²) in [6.07, 6.45) is 3.07. The molecule has 0 aromatic carbocycles. The second-order valence-corrected chi connectivity index (χ2v) is 4.31. The quantitative estimate of drug-likeness (QED) is 0.693. The van der Waals surface area contributed by atoms with Crippen molar-refractivity contribution in [3.8, 4) is 0 Å². The highest BCUT2D eigenvalue weighted by atomic mass is 32.2. The Labute approximate surface area is 82.8 Å². The zero-order valence-electron chi connectivity index (χ0n) is 8.33. The number of rotatable bonds is 4. The molecule has 13 heavy (non-hydrogen) atoms. The summed E-state index contributed by atoms with van der Waals surface area (Å²) < 4.78 is -0.915. The van der Waals surface area contributed by atoms with E-state index in [9.17, 15) is 9.59 Å². The predicted molar refractivity (Wildman–Crippen MR) is 54.1 cm³/mol. The largest absolute Gasteiger partial charge is 0.368 e. The van der Waals surface area contributed by atoms with E-state index >= 15 is 0 Å². The van der Waals surface area contributed by atoms with Crippen LogP contribution in [0.25, 0.3) is 0 Å². The summed E-state index contributed by atoms with van der Waals surface area (Å²) in [6.45, 7) is 1.63. The third-order valence-electron chi connectivity index (χ3n) is 1.75. The Morgan fingerprint density at radius 1 is 1.46 bits per heavy atom. The fourth-order valence-electron chi connectivity index (χ4n) is 0.595. The molecule has 2 N–H and O–H groups in total. The van der Waals surface area contributed by atoms with E-state index < -0.39 is 10.7 Å². The van der Waals surface area contributed by atoms with Gasteiger partial charge < -0.3 is 10.6 Å². The summed E-state index contributed by atoms with van der Waals surface area (Å²) in [5, 5.41) is 0. The fourth-order valence-corrected chi connectivity index (χ4v) is 1.02. The topological polar surface area (TPSA) is 63.4 Å². The molecule has 75 valence electrons. The first-order chi connectivity index (χ1) is 5.83. The average Bonchev–Trinajstić information content (AvgIpc) is 2.03. The molecule has 5 heteroatoms. The smallest absolute Gasteiger partial charge is 0.234 e. The van der Waals surface area contributed by atoms with Crippen LogP contribution in [0, 0.1) is 6.42 Å². The lowest BCUT2D eigenvalue weighted by atomic mass is 10.1. The van der Waals surface area contributed by atoms with E-state index in [-0.39, 0.29) is 5.91 Å². The van der Waals surface area contributed by atoms with Crippen LogP contribution in [-0.4, -0.2) is 41.8 Å². The Kier molecular flexibility index (Phi) is 4.26. The number of amides is 2. The number of thioether (sulfide) groups is 1. The lowest BCUT2D eigenvalue weighted by molar-refractivity contribution is -0.127. The standard InChI is InChI=1S/C8H15N2O2S/c1-8(13-4,7(9)12)5-6(11)10(2)3/h5H,1-4H3,(H2,9,12). The number of hydrogen-bond donors (Lipinski definition) is 1. The molecule has 0 aliphatic heterocycles. The van der Waals surface area contributed by atoms with Gasteiger partial charge in [0, 0.05) is 14.1 Å². The molecule has 1 atom stereocenters. The van der Waals surface area contributed by atoms with E-state index in [2.05, 4.69) is 0 Å². The fraction of sp³-hybridized carbons (Fsp3) is 0.625. The first-order valence-corrected chi connectivity index (χ1v) is 4.98. The van der Waals surface area contributed by atoms with E-state index in [1.807, 2.05) is 0 Å². The third-order valence-corrected chi connectivity index (χ3v) is 2.92. The number of nitrogens with two attached hydrogens (primary N) is 1. The maximum atomic E-state index is 11.3. The summed E-state index contributed by atoms with van der Waals surface area (Å²) in [6, 6.07) is 0. The van der Waals surface area contributed by atoms with Gasteiger partial charge in [-0.2, -0.15) is 0 Å². The average molecular weight is 203 g/mol. The van der Waals surface area contributed by atoms with Crippen molar-refractivity contribution in [1.29, 1.82) is 0 Å². The number of primary amides is 1. The summed E-state index contributed by atoms with van der Waals surface area (Å²) in [4.78, 5) is 23.7. The van der Waals surface area contributed by atoms with Crippen molar-refractivity contribution in [2.75, 3.05) is 20.4 Å². The van der Waals surface area contributed by atoms with Crippen molar-refractivity contribution < 1.29 is 9.59 Å². The molecule has 0 fully saturated rings. The van der Waals surface area contributed by atoms with Crippen molar-refractivity contribution in [2.24, 2.45) is 5.73 Å². The Balaban J connectivity index is 4.45. The molecule has 0 bridgehead atoms. The van der Waals surface area contributed by atoms with Crippen LogP contribution in [0.3, 0.4) is 0 Å². The lowest BCUT2D eigenvalue weighted by Crippen LogP contribution is -2.42. The van der Waals surface area contributed by atoms with Gasteiger partial charge in [0.25, 0.3) is 0 Å². The second-order valence-electron chi connectivity index (χ2n) is 3.05. The van der Waals surface area contributed by atoms with Crippen LogP contribution < -0.4 is 5.73 Å². The normalized spacial score (nSPS) is 14.8. The second kappa shape index (κ2) is 4.50. The zero-order valence-corrected chi connectivity index (χ0v) is 9.14. The van der Waals surface area contributed by atoms with Gasteiger partial charge >= 0.3 is 0 Å². The Morgan fingerprint density at radius 2 is 1.92 bits per heavy atom. The van der Waals surface area contributed by atoms with Gasteiger partial charge in [-0.05, 0) is 13.2 Å². The van der Waals surface area contributed by atoms with Crippen LogP contribution in [0.4, 0.5) is 0 Å². The van der Waals surface area contributed by atoms with Crippen LogP contribution in [-0.2, 0) is 9.59 Å². The van der Waals surface area contributed by atoms with Gasteiger partial charge in [0.1, 0.15) is 4.75 Å². The summed E-state index contributed by atoms with van der Waals surface area (Å²) in [7, 11) is 3.25. The molecule has 4 nitrogen and oxygen atoms in total. The third kappa shape index (κ3) is 3.26. The number of carbonyl (C=O) groups excluding carboxylic acids is 2. The molecule has 0 aromatic heterocycles. The maximum Gasteiger partial charge on any atom is 0.234 e. The van der Waals surface area contributed by atoms with Gasteiger partial charge in [0.15, 0.2) is 0 Å². The van der Waals surface area contributed by atoms with E-state index in [0.29, 0.717) is 0 Å². The molecular weight excluding hydrogens is 188 g/mol. The SMILES string of the molecule is CSC(C)([CH]C(=O)N(C)C)C(N)=O. The van der Waals surface area contributed by atoms with E-state index in [1.54, 1.807) is 27.3 Å². The molecular formula is C8H15N2O2S. The van der Waals surface area contributed by atoms with E-state index in [4.69, 9.17) is 5.73 Å². The highest BCUT2D eigenvalue weighted by molar-refractivity contribution is 8.00. The maximum absolute atomic E-state index is 11.3. The number of hydrogen-bond acceptors (Lipinski definition) is 3. The summed E-state index contributed by atoms with van der Waals surface area (Å²) >= 11 is 1.25. The molecule has 0 rings (SSSR count). The highest BCUT2D eigenvalue weighted by Gasteiger charge is 2.33. The first kappa shape index (κ1) is 12.3. The van der Waals surface area contributed by atoms with Crippen LogP contribution >= 0.6 is 11.8 Å². The Bertz CT molecular complexity index is 218. The van der Waals surface area contributed by atoms with Crippen molar-refractivity contribution in [1.82, 2.24) is 4.90 Å². The lowest BCUT2D eigenvalue weighted by Gasteiger charge is -2.23. The van der Waals surface area contributed by atoms with Crippen molar-refractivity contribution in [2.45, 2.75) is 11.7 Å². The molecule has 0 spiro atoms. The summed E-state index contributed by atoms with van der Waals surface area (Å²) in [5.41, 5.74) is 5.17. The Morgan fingerprint density at radius 3 is 2.15 bits per heavy atom. The molecule has 1 unspecified atom stereocenters. The van der Waals surface area contributed by atoms with Crippen LogP contribution in [0.2, 0.25) is 0 Å². The first-order valence-electron chi connectivity index (χ1n) is 3.75. The highest BCUT2D eigenvalue weighted by Crippen LogP contribution is 2.25. The van der Waals surface area contributed by atoms with Gasteiger partial charge in [0.2, 0.25) is 11.8 Å². The van der Waals surface area contributed by atoms with Gasteiger partial charge in [-0.1, -0.05) is 0 Å². The molecule has 2 amide bonds. The minimum atomic E-state index is -0.915. The molecule has 0 aliphatic carbocycles. The van der Waals surface area contributed by atoms with Gasteiger partial charge in [-0.15, -0.1) is 11.8 Å². The van der Waals surface area contributed by atoms with Crippen LogP contribution in [0.5, 0.6) is 0 Å². The minimum absolute atomic E-state index is 0.212. The van der Waals surface area contributed by atoms with Crippen LogP contribution in [0.1, 0.15) is 6.92 Å². The molecule has 0 saturated heterocycles. The van der Waals surface area contributed by atoms with Gasteiger partial charge in [-0.25, -0.2) is 0 Å². The van der Waals surface area contributed by atoms with E-state index in [0.717, 1.165) is 0 Å². The molecule has 0 saturated carbocycles. The minimum Gasteiger partial charge on any atom is -0.368 e. The number of carbonyl (C=O) groups is 2. The van der Waals surface area contributed by atoms with E-state index in [1.165, 1.54) is 23.1 Å². The monoisotopic (exact) mass is 203 g/mol. The molecule has 0 heterocycles. The molecule has 0 aliphatic rings. The van der Waals surface area contributed by atoms with Gasteiger partial charge in [0.05, 0.1) is 6.42 Å². The van der Waals surface area contributed by atoms with Crippen molar-refractivity contribution in [3.05, 3.63) is 6.42 Å². The number of nitrogens with zero attached hydrogens (tertiary/aromatic N) is 1. The van der Waals surface area contributed by atoms with Crippen molar-refractivity contribution in [3.63, 3.8) is 0 Å².